The van der Waals surface area contributed by atoms with Crippen LogP contribution in [0.3, 0.4) is 0 Å². The van der Waals surface area contributed by atoms with E-state index in [1.165, 1.54) is 18.2 Å². The van der Waals surface area contributed by atoms with Crippen LogP contribution in [0.2, 0.25) is 5.02 Å². The van der Waals surface area contributed by atoms with Gasteiger partial charge in [-0.2, -0.15) is 0 Å². The van der Waals surface area contributed by atoms with Gasteiger partial charge in [0.1, 0.15) is 11.4 Å². The van der Waals surface area contributed by atoms with Crippen molar-refractivity contribution in [3.05, 3.63) is 67.2 Å². The lowest BCUT2D eigenvalue weighted by Crippen LogP contribution is -2.52. The van der Waals surface area contributed by atoms with Gasteiger partial charge in [0.25, 0.3) is 17.3 Å². The summed E-state index contributed by atoms with van der Waals surface area (Å²) in [5.74, 6) is -0.549. The van der Waals surface area contributed by atoms with Gasteiger partial charge in [-0.05, 0) is 36.5 Å². The Morgan fingerprint density at radius 1 is 0.889 bits per heavy atom. The number of nitrogens with one attached hydrogen (secondary N) is 1. The van der Waals surface area contributed by atoms with E-state index in [1.54, 1.807) is 23.1 Å². The Labute approximate surface area is 216 Å². The summed E-state index contributed by atoms with van der Waals surface area (Å²) in [6, 6.07) is 8.89. The van der Waals surface area contributed by atoms with Gasteiger partial charge in [-0.1, -0.05) is 11.6 Å². The van der Waals surface area contributed by atoms with Crippen LogP contribution in [-0.4, -0.2) is 78.2 Å². The molecule has 0 spiro atoms. The summed E-state index contributed by atoms with van der Waals surface area (Å²) in [5.41, 5.74) is 0.792. The zero-order valence-electron chi connectivity index (χ0n) is 19.1. The number of nitro benzene ring substituents is 2. The maximum Gasteiger partial charge on any atom is 0.294 e. The average Bonchev–Trinajstić information content (AvgIpc) is 2.88. The Bertz CT molecular complexity index is 1200. The average molecular weight is 535 g/mol. The van der Waals surface area contributed by atoms with Crippen LogP contribution in [0.4, 0.5) is 22.7 Å². The molecule has 0 aliphatic carbocycles. The minimum Gasteiger partial charge on any atom is -0.378 e. The lowest BCUT2D eigenvalue weighted by molar-refractivity contribution is -0.384. The maximum atomic E-state index is 12.8. The molecule has 2 aromatic carbocycles. The van der Waals surface area contributed by atoms with Crippen LogP contribution in [0.5, 0.6) is 0 Å². The third kappa shape index (κ3) is 5.64. The summed E-state index contributed by atoms with van der Waals surface area (Å²) in [5, 5.41) is 26.2. The number of ether oxygens (including phenoxy) is 1. The molecule has 12 nitrogen and oxygen atoms in total. The molecule has 2 saturated heterocycles. The van der Waals surface area contributed by atoms with Gasteiger partial charge >= 0.3 is 0 Å². The van der Waals surface area contributed by atoms with Crippen molar-refractivity contribution < 1.29 is 19.4 Å². The normalized spacial score (nSPS) is 16.0. The van der Waals surface area contributed by atoms with Gasteiger partial charge in [0.05, 0.1) is 23.1 Å². The smallest absolute Gasteiger partial charge is 0.294 e. The zero-order valence-corrected chi connectivity index (χ0v) is 20.7. The van der Waals surface area contributed by atoms with Crippen molar-refractivity contribution in [1.29, 1.82) is 0 Å². The van der Waals surface area contributed by atoms with E-state index < -0.39 is 15.8 Å². The van der Waals surface area contributed by atoms with Gasteiger partial charge in [0, 0.05) is 62.0 Å². The number of anilines is 2. The van der Waals surface area contributed by atoms with Crippen molar-refractivity contribution in [3.63, 3.8) is 0 Å². The number of carbonyl (C=O) groups excluding carboxylic acids is 1. The summed E-state index contributed by atoms with van der Waals surface area (Å²) < 4.78 is 5.30. The van der Waals surface area contributed by atoms with E-state index in [1.807, 2.05) is 9.80 Å². The van der Waals surface area contributed by atoms with E-state index in [0.29, 0.717) is 63.9 Å². The third-order valence-electron chi connectivity index (χ3n) is 6.05. The number of nitro groups is 2. The second kappa shape index (κ2) is 11.0. The number of morpholine rings is 1. The summed E-state index contributed by atoms with van der Waals surface area (Å²) in [6.07, 6.45) is 0. The fourth-order valence-electron chi connectivity index (χ4n) is 4.19. The molecule has 36 heavy (non-hydrogen) atoms. The second-order valence-electron chi connectivity index (χ2n) is 8.18. The minimum absolute atomic E-state index is 0.0750. The van der Waals surface area contributed by atoms with Crippen molar-refractivity contribution in [2.24, 2.45) is 0 Å². The Kier molecular flexibility index (Phi) is 7.82. The number of benzene rings is 2. The highest BCUT2D eigenvalue weighted by Gasteiger charge is 2.27. The Hall–Kier alpha value is -3.55. The van der Waals surface area contributed by atoms with E-state index in [9.17, 15) is 25.0 Å². The first-order chi connectivity index (χ1) is 17.2. The molecule has 0 radical (unpaired) electrons. The molecule has 0 atom stereocenters. The standard InChI is InChI=1S/C22H23ClN6O6S/c23-16-2-4-18(20(14-16)29(33)34)25-5-7-27(8-6-25)22(36)24-21(30)15-1-3-17(19(13-15)28(31)32)26-9-11-35-12-10-26/h1-4,13-14H,5-12H2,(H,24,30,36). The number of halogens is 1. The van der Waals surface area contributed by atoms with Gasteiger partial charge in [-0.3, -0.25) is 30.3 Å². The predicted molar refractivity (Wildman–Crippen MR) is 138 cm³/mol. The fourth-order valence-corrected chi connectivity index (χ4v) is 4.63. The van der Waals surface area contributed by atoms with Crippen molar-refractivity contribution in [1.82, 2.24) is 10.2 Å². The number of hydrogen-bond donors (Lipinski definition) is 1. The lowest BCUT2D eigenvalue weighted by Gasteiger charge is -2.37. The maximum absolute atomic E-state index is 12.8. The van der Waals surface area contributed by atoms with Crippen LogP contribution >= 0.6 is 23.8 Å². The molecule has 2 aliphatic heterocycles. The molecule has 2 aliphatic rings. The molecule has 1 amide bonds. The molecule has 0 bridgehead atoms. The largest absolute Gasteiger partial charge is 0.378 e. The molecular formula is C22H23ClN6O6S. The molecule has 0 saturated carbocycles. The highest BCUT2D eigenvalue weighted by atomic mass is 35.5. The summed E-state index contributed by atoms with van der Waals surface area (Å²) in [7, 11) is 0. The number of piperazine rings is 1. The van der Waals surface area contributed by atoms with Crippen molar-refractivity contribution in [3.8, 4) is 0 Å². The topological polar surface area (TPSA) is 134 Å². The first kappa shape index (κ1) is 25.5. The van der Waals surface area contributed by atoms with Gasteiger partial charge in [0.15, 0.2) is 5.11 Å². The lowest BCUT2D eigenvalue weighted by atomic mass is 10.1. The molecule has 2 aromatic rings. The molecule has 2 heterocycles. The highest BCUT2D eigenvalue weighted by Crippen LogP contribution is 2.32. The van der Waals surface area contributed by atoms with Gasteiger partial charge in [-0.25, -0.2) is 0 Å². The van der Waals surface area contributed by atoms with Crippen LogP contribution in [0.15, 0.2) is 36.4 Å². The molecule has 190 valence electrons. The van der Waals surface area contributed by atoms with Gasteiger partial charge < -0.3 is 19.4 Å². The van der Waals surface area contributed by atoms with Crippen LogP contribution in [0, 0.1) is 20.2 Å². The molecular weight excluding hydrogens is 512 g/mol. The Morgan fingerprint density at radius 3 is 2.06 bits per heavy atom. The molecule has 14 heteroatoms. The Morgan fingerprint density at radius 2 is 1.44 bits per heavy atom. The number of nitrogens with zero attached hydrogens (tertiary/aromatic N) is 5. The first-order valence-corrected chi connectivity index (χ1v) is 11.9. The second-order valence-corrected chi connectivity index (χ2v) is 9.01. The third-order valence-corrected chi connectivity index (χ3v) is 6.64. The molecule has 0 unspecified atom stereocenters. The van der Waals surface area contributed by atoms with E-state index in [-0.39, 0.29) is 27.1 Å². The summed E-state index contributed by atoms with van der Waals surface area (Å²) in [4.78, 5) is 40.4. The SMILES string of the molecule is O=C(NC(=S)N1CCN(c2ccc(Cl)cc2[N+](=O)[O-])CC1)c1ccc(N2CCOCC2)c([N+](=O)[O-])c1. The number of rotatable bonds is 5. The summed E-state index contributed by atoms with van der Waals surface area (Å²) >= 11 is 11.3. The van der Waals surface area contributed by atoms with E-state index in [0.717, 1.165) is 0 Å². The summed E-state index contributed by atoms with van der Waals surface area (Å²) in [6.45, 7) is 3.75. The van der Waals surface area contributed by atoms with Crippen LogP contribution in [-0.2, 0) is 4.74 Å². The zero-order chi connectivity index (χ0) is 25.8. The van der Waals surface area contributed by atoms with E-state index >= 15 is 0 Å². The van der Waals surface area contributed by atoms with Crippen molar-refractivity contribution in [2.45, 2.75) is 0 Å². The number of carbonyl (C=O) groups is 1. The molecule has 4 rings (SSSR count). The Balaban J connectivity index is 1.39. The highest BCUT2D eigenvalue weighted by molar-refractivity contribution is 7.80. The van der Waals surface area contributed by atoms with Crippen molar-refractivity contribution in [2.75, 3.05) is 62.3 Å². The molecule has 2 fully saturated rings. The van der Waals surface area contributed by atoms with Gasteiger partial charge in [-0.15, -0.1) is 0 Å². The van der Waals surface area contributed by atoms with E-state index in [4.69, 9.17) is 28.6 Å². The van der Waals surface area contributed by atoms with Crippen LogP contribution in [0.25, 0.3) is 0 Å². The van der Waals surface area contributed by atoms with Crippen molar-refractivity contribution >= 4 is 57.6 Å². The number of thiocarbonyl (C=S) groups is 1. The monoisotopic (exact) mass is 534 g/mol. The fraction of sp³-hybridized carbons (Fsp3) is 0.364. The molecule has 1 N–H and O–H groups in total. The van der Waals surface area contributed by atoms with Gasteiger partial charge in [0.2, 0.25) is 0 Å². The minimum atomic E-state index is -0.549. The molecule has 0 aromatic heterocycles. The number of amides is 1. The quantitative estimate of drug-likeness (QED) is 0.346. The number of hydrogen-bond acceptors (Lipinski definition) is 9. The van der Waals surface area contributed by atoms with Crippen LogP contribution in [0.1, 0.15) is 10.4 Å². The predicted octanol–water partition coefficient (Wildman–Crippen LogP) is 2.83. The van der Waals surface area contributed by atoms with E-state index in [2.05, 4.69) is 5.32 Å². The van der Waals surface area contributed by atoms with Crippen LogP contribution < -0.4 is 15.1 Å². The first-order valence-electron chi connectivity index (χ1n) is 11.1.